The van der Waals surface area contributed by atoms with Crippen LogP contribution in [0.3, 0.4) is 0 Å². The Balaban J connectivity index is 0.000000184. The van der Waals surface area contributed by atoms with Crippen molar-refractivity contribution in [1.82, 2.24) is 4.90 Å². The van der Waals surface area contributed by atoms with Crippen LogP contribution in [0.25, 0.3) is 5.57 Å². The Morgan fingerprint density at radius 1 is 0.850 bits per heavy atom. The van der Waals surface area contributed by atoms with Crippen LogP contribution in [0.5, 0.6) is 0 Å². The highest BCUT2D eigenvalue weighted by molar-refractivity contribution is 5.95. The molecule has 3 aromatic carbocycles. The summed E-state index contributed by atoms with van der Waals surface area (Å²) in [6.07, 6.45) is 2.54. The highest BCUT2D eigenvalue weighted by Gasteiger charge is 2.49. The summed E-state index contributed by atoms with van der Waals surface area (Å²) in [5.41, 5.74) is 11.1. The SMILES string of the molecule is CC(=O)c1cccc(N2CCOCC2)c1.Cc1ccc(C(=C2CC3(C2)CN(C)C3)c2ccc(C(C)C)cc2)cc1. The van der Waals surface area contributed by atoms with Crippen molar-refractivity contribution in [2.24, 2.45) is 5.41 Å². The molecule has 3 aliphatic rings. The summed E-state index contributed by atoms with van der Waals surface area (Å²) in [7, 11) is 2.23. The van der Waals surface area contributed by atoms with Crippen LogP contribution in [0.1, 0.15) is 72.1 Å². The Hall–Kier alpha value is -3.21. The van der Waals surface area contributed by atoms with Crippen molar-refractivity contribution < 1.29 is 9.53 Å². The van der Waals surface area contributed by atoms with Gasteiger partial charge in [-0.3, -0.25) is 4.79 Å². The zero-order valence-corrected chi connectivity index (χ0v) is 24.9. The topological polar surface area (TPSA) is 32.8 Å². The lowest BCUT2D eigenvalue weighted by atomic mass is 9.59. The van der Waals surface area contributed by atoms with E-state index in [9.17, 15) is 4.79 Å². The fraction of sp³-hybridized carbons (Fsp3) is 0.417. The van der Waals surface area contributed by atoms with Gasteiger partial charge in [0.05, 0.1) is 13.2 Å². The lowest BCUT2D eigenvalue weighted by Crippen LogP contribution is -2.58. The second-order valence-corrected chi connectivity index (χ2v) is 12.4. The Labute approximate surface area is 240 Å². The molecule has 1 saturated carbocycles. The first-order chi connectivity index (χ1) is 19.2. The summed E-state index contributed by atoms with van der Waals surface area (Å²) in [4.78, 5) is 15.9. The van der Waals surface area contributed by atoms with Gasteiger partial charge in [-0.1, -0.05) is 85.6 Å². The summed E-state index contributed by atoms with van der Waals surface area (Å²) in [6.45, 7) is 14.2. The molecule has 0 bridgehead atoms. The van der Waals surface area contributed by atoms with E-state index in [0.29, 0.717) is 11.3 Å². The number of ketones is 1. The van der Waals surface area contributed by atoms with E-state index in [1.54, 1.807) is 12.5 Å². The molecule has 2 heterocycles. The largest absolute Gasteiger partial charge is 0.378 e. The number of likely N-dealkylation sites (tertiary alicyclic amines) is 1. The lowest BCUT2D eigenvalue weighted by molar-refractivity contribution is -0.0106. The molecule has 6 rings (SSSR count). The van der Waals surface area contributed by atoms with Gasteiger partial charge in [-0.2, -0.15) is 0 Å². The number of anilines is 1. The minimum Gasteiger partial charge on any atom is -0.378 e. The third-order valence-corrected chi connectivity index (χ3v) is 8.58. The van der Waals surface area contributed by atoms with Crippen molar-refractivity contribution in [1.29, 1.82) is 0 Å². The fourth-order valence-electron chi connectivity index (χ4n) is 6.43. The van der Waals surface area contributed by atoms with Gasteiger partial charge in [0.2, 0.25) is 0 Å². The second kappa shape index (κ2) is 12.1. The first-order valence-corrected chi connectivity index (χ1v) is 14.7. The predicted octanol–water partition coefficient (Wildman–Crippen LogP) is 7.37. The van der Waals surface area contributed by atoms with Crippen LogP contribution in [0.15, 0.2) is 78.4 Å². The molecule has 0 radical (unpaired) electrons. The molecule has 0 atom stereocenters. The van der Waals surface area contributed by atoms with Gasteiger partial charge >= 0.3 is 0 Å². The number of Topliss-reactive ketones (excluding diaryl/α,β-unsaturated/α-hetero) is 1. The van der Waals surface area contributed by atoms with Crippen molar-refractivity contribution in [3.63, 3.8) is 0 Å². The van der Waals surface area contributed by atoms with Gasteiger partial charge < -0.3 is 14.5 Å². The Bertz CT molecular complexity index is 1330. The van der Waals surface area contributed by atoms with Crippen molar-refractivity contribution in [3.8, 4) is 0 Å². The molecule has 4 heteroatoms. The smallest absolute Gasteiger partial charge is 0.159 e. The number of nitrogens with zero attached hydrogens (tertiary/aromatic N) is 2. The number of allylic oxidation sites excluding steroid dienone is 1. The van der Waals surface area contributed by atoms with E-state index in [2.05, 4.69) is 86.1 Å². The number of rotatable bonds is 5. The number of hydrogen-bond acceptors (Lipinski definition) is 4. The maximum absolute atomic E-state index is 11.2. The van der Waals surface area contributed by atoms with Crippen LogP contribution in [0, 0.1) is 12.3 Å². The Kier molecular flexibility index (Phi) is 8.58. The van der Waals surface area contributed by atoms with Gasteiger partial charge in [0.15, 0.2) is 5.78 Å². The molecule has 210 valence electrons. The third-order valence-electron chi connectivity index (χ3n) is 8.58. The second-order valence-electron chi connectivity index (χ2n) is 12.4. The van der Waals surface area contributed by atoms with Crippen LogP contribution in [-0.4, -0.2) is 57.1 Å². The van der Waals surface area contributed by atoms with Gasteiger partial charge in [-0.15, -0.1) is 0 Å². The van der Waals surface area contributed by atoms with Crippen molar-refractivity contribution >= 4 is 17.0 Å². The lowest BCUT2D eigenvalue weighted by Gasteiger charge is -2.56. The molecule has 1 aliphatic carbocycles. The first kappa shape index (κ1) is 28.3. The number of benzene rings is 3. The quantitative estimate of drug-likeness (QED) is 0.319. The number of morpholine rings is 1. The van der Waals surface area contributed by atoms with E-state index < -0.39 is 0 Å². The normalized spacial score (nSPS) is 18.1. The zero-order valence-electron chi connectivity index (χ0n) is 24.9. The van der Waals surface area contributed by atoms with E-state index in [0.717, 1.165) is 37.6 Å². The number of carbonyl (C=O) groups excluding carboxylic acids is 1. The standard InChI is InChI=1S/C24H29N.C12H15NO2/c1-17(2)19-9-11-21(12-10-19)23(20-7-5-18(3)6-8-20)22-13-24(14-22)15-25(4)16-24;1-10(14)11-3-2-4-12(9-11)13-5-7-15-8-6-13/h5-12,17H,13-16H2,1-4H3;2-4,9H,5-8H2,1H3. The molecule has 0 amide bonds. The van der Waals surface area contributed by atoms with Crippen LogP contribution >= 0.6 is 0 Å². The van der Waals surface area contributed by atoms with E-state index in [1.807, 2.05) is 24.3 Å². The average Bonchev–Trinajstić information content (AvgIpc) is 2.93. The minimum atomic E-state index is 0.116. The van der Waals surface area contributed by atoms with Crippen LogP contribution in [0.2, 0.25) is 0 Å². The molecular formula is C36H44N2O2. The minimum absolute atomic E-state index is 0.116. The molecule has 0 N–H and O–H groups in total. The maximum Gasteiger partial charge on any atom is 0.159 e. The molecule has 3 fully saturated rings. The van der Waals surface area contributed by atoms with Gasteiger partial charge in [-0.25, -0.2) is 0 Å². The zero-order chi connectivity index (χ0) is 28.3. The number of hydrogen-bond donors (Lipinski definition) is 0. The number of ether oxygens (including phenoxy) is 1. The van der Waals surface area contributed by atoms with Gasteiger partial charge in [0.25, 0.3) is 0 Å². The van der Waals surface area contributed by atoms with E-state index in [4.69, 9.17) is 4.74 Å². The summed E-state index contributed by atoms with van der Waals surface area (Å²) >= 11 is 0. The highest BCUT2D eigenvalue weighted by Crippen LogP contribution is 2.54. The number of carbonyl (C=O) groups is 1. The van der Waals surface area contributed by atoms with E-state index >= 15 is 0 Å². The summed E-state index contributed by atoms with van der Waals surface area (Å²) in [5.74, 6) is 0.701. The van der Waals surface area contributed by atoms with Crippen molar-refractivity contribution in [2.75, 3.05) is 51.3 Å². The molecular weight excluding hydrogens is 492 g/mol. The summed E-state index contributed by atoms with van der Waals surface area (Å²) in [6, 6.07) is 26.1. The molecule has 2 saturated heterocycles. The van der Waals surface area contributed by atoms with Gasteiger partial charge in [0, 0.05) is 42.8 Å². The monoisotopic (exact) mass is 536 g/mol. The fourth-order valence-corrected chi connectivity index (χ4v) is 6.43. The number of aryl methyl sites for hydroxylation is 1. The van der Waals surface area contributed by atoms with Crippen molar-refractivity contribution in [2.45, 2.75) is 46.5 Å². The molecule has 40 heavy (non-hydrogen) atoms. The summed E-state index contributed by atoms with van der Waals surface area (Å²) in [5, 5.41) is 0. The average molecular weight is 537 g/mol. The van der Waals surface area contributed by atoms with Crippen LogP contribution in [0.4, 0.5) is 5.69 Å². The predicted molar refractivity (Wildman–Crippen MR) is 166 cm³/mol. The highest BCUT2D eigenvalue weighted by atomic mass is 16.5. The van der Waals surface area contributed by atoms with E-state index in [-0.39, 0.29) is 5.78 Å². The third kappa shape index (κ3) is 6.40. The maximum atomic E-state index is 11.2. The van der Waals surface area contributed by atoms with E-state index in [1.165, 1.54) is 53.8 Å². The van der Waals surface area contributed by atoms with Gasteiger partial charge in [-0.05, 0) is 74.1 Å². The molecule has 3 aromatic rings. The molecule has 1 spiro atoms. The Morgan fingerprint density at radius 2 is 1.45 bits per heavy atom. The molecule has 0 aromatic heterocycles. The molecule has 0 unspecified atom stereocenters. The van der Waals surface area contributed by atoms with Crippen LogP contribution in [-0.2, 0) is 4.74 Å². The Morgan fingerprint density at radius 3 is 2.00 bits per heavy atom. The van der Waals surface area contributed by atoms with Crippen LogP contribution < -0.4 is 4.90 Å². The molecule has 4 nitrogen and oxygen atoms in total. The summed E-state index contributed by atoms with van der Waals surface area (Å²) < 4.78 is 5.29. The van der Waals surface area contributed by atoms with Gasteiger partial charge in [0.1, 0.15) is 0 Å². The van der Waals surface area contributed by atoms with Crippen molar-refractivity contribution in [3.05, 3.63) is 106 Å². The molecule has 2 aliphatic heterocycles. The first-order valence-electron chi connectivity index (χ1n) is 14.7.